The first-order valence-electron chi connectivity index (χ1n) is 11.8. The summed E-state index contributed by atoms with van der Waals surface area (Å²) < 4.78 is 13.2. The van der Waals surface area contributed by atoms with E-state index in [2.05, 4.69) is 56.3 Å². The van der Waals surface area contributed by atoms with Gasteiger partial charge in [-0.05, 0) is 60.3 Å². The number of ether oxygens (including phenoxy) is 2. The molecule has 5 fully saturated rings. The van der Waals surface area contributed by atoms with Crippen LogP contribution in [0.2, 0.25) is 0 Å². The summed E-state index contributed by atoms with van der Waals surface area (Å²) >= 11 is 1.91. The Morgan fingerprint density at radius 3 is 2.71 bits per heavy atom. The molecule has 0 N–H and O–H groups in total. The van der Waals surface area contributed by atoms with Gasteiger partial charge in [-0.1, -0.05) is 56.3 Å². The second-order valence-electron chi connectivity index (χ2n) is 10.2. The molecule has 0 aromatic heterocycles. The lowest BCUT2D eigenvalue weighted by Crippen LogP contribution is -2.70. The number of thioether (sulfide) groups is 1. The average Bonchev–Trinajstić information content (AvgIpc) is 3.01. The molecule has 1 spiro atoms. The zero-order valence-electron chi connectivity index (χ0n) is 18.6. The quantitative estimate of drug-likeness (QED) is 0.525. The summed E-state index contributed by atoms with van der Waals surface area (Å²) in [6.07, 6.45) is 3.97. The lowest BCUT2D eigenvalue weighted by atomic mass is 9.58. The van der Waals surface area contributed by atoms with Crippen molar-refractivity contribution in [1.29, 1.82) is 0 Å². The van der Waals surface area contributed by atoms with Gasteiger partial charge in [0.25, 0.3) is 0 Å². The van der Waals surface area contributed by atoms with Crippen LogP contribution in [-0.4, -0.2) is 23.1 Å². The lowest BCUT2D eigenvalue weighted by molar-refractivity contribution is -0.568. The normalized spacial score (nSPS) is 44.1. The minimum absolute atomic E-state index is 0.0835. The third-order valence-electron chi connectivity index (χ3n) is 8.38. The van der Waals surface area contributed by atoms with Crippen LogP contribution in [0.3, 0.4) is 0 Å². The second kappa shape index (κ2) is 7.46. The SMILES string of the molecule is C[C@H]1[C@@H](SCc2cccc3ccccc23)O[C@@H]2O[C@@]3(C)CC[C@H]4[C@H](C)CC[C@@H]1[C@@]24OO3. The average molecular weight is 441 g/mol. The van der Waals surface area contributed by atoms with E-state index in [0.29, 0.717) is 23.7 Å². The Morgan fingerprint density at radius 1 is 0.968 bits per heavy atom. The first-order valence-corrected chi connectivity index (χ1v) is 12.8. The van der Waals surface area contributed by atoms with E-state index in [0.717, 1.165) is 25.0 Å². The van der Waals surface area contributed by atoms with Crippen LogP contribution >= 0.6 is 11.8 Å². The molecular formula is C26H32O4S. The molecule has 4 saturated heterocycles. The van der Waals surface area contributed by atoms with Gasteiger partial charge in [0.1, 0.15) is 5.44 Å². The van der Waals surface area contributed by atoms with E-state index in [1.807, 2.05) is 18.7 Å². The monoisotopic (exact) mass is 440 g/mol. The number of hydrogen-bond acceptors (Lipinski definition) is 5. The number of hydrogen-bond donors (Lipinski definition) is 0. The van der Waals surface area contributed by atoms with Crippen molar-refractivity contribution in [3.63, 3.8) is 0 Å². The van der Waals surface area contributed by atoms with Crippen LogP contribution in [0.1, 0.15) is 52.0 Å². The molecule has 5 aliphatic rings. The van der Waals surface area contributed by atoms with Crippen molar-refractivity contribution in [3.05, 3.63) is 48.0 Å². The van der Waals surface area contributed by atoms with Gasteiger partial charge in [-0.2, -0.15) is 0 Å². The van der Waals surface area contributed by atoms with Gasteiger partial charge in [0, 0.05) is 18.1 Å². The maximum atomic E-state index is 6.73. The van der Waals surface area contributed by atoms with E-state index in [-0.39, 0.29) is 11.7 Å². The molecule has 8 atom stereocenters. The predicted octanol–water partition coefficient (Wildman–Crippen LogP) is 6.28. The molecule has 1 aliphatic carbocycles. The highest BCUT2D eigenvalue weighted by atomic mass is 32.2. The summed E-state index contributed by atoms with van der Waals surface area (Å²) in [5.41, 5.74) is 0.980. The molecule has 166 valence electrons. The van der Waals surface area contributed by atoms with Crippen molar-refractivity contribution in [2.24, 2.45) is 23.7 Å². The van der Waals surface area contributed by atoms with Crippen molar-refractivity contribution in [1.82, 2.24) is 0 Å². The van der Waals surface area contributed by atoms with Gasteiger partial charge in [-0.15, -0.1) is 11.8 Å². The molecule has 0 amide bonds. The van der Waals surface area contributed by atoms with Gasteiger partial charge in [-0.25, -0.2) is 9.78 Å². The van der Waals surface area contributed by atoms with Crippen LogP contribution in [0.5, 0.6) is 0 Å². The highest BCUT2D eigenvalue weighted by molar-refractivity contribution is 7.99. The molecule has 4 heterocycles. The lowest BCUT2D eigenvalue weighted by Gasteiger charge is -2.60. The van der Waals surface area contributed by atoms with E-state index < -0.39 is 11.4 Å². The van der Waals surface area contributed by atoms with E-state index in [4.69, 9.17) is 19.2 Å². The van der Waals surface area contributed by atoms with Crippen LogP contribution in [0.25, 0.3) is 10.8 Å². The summed E-state index contributed by atoms with van der Waals surface area (Å²) in [5.74, 6) is 2.01. The summed E-state index contributed by atoms with van der Waals surface area (Å²) in [7, 11) is 0. The topological polar surface area (TPSA) is 36.9 Å². The molecule has 2 aromatic rings. The molecule has 4 aliphatic heterocycles. The van der Waals surface area contributed by atoms with Gasteiger partial charge < -0.3 is 9.47 Å². The first kappa shape index (κ1) is 20.5. The maximum Gasteiger partial charge on any atom is 0.201 e. The zero-order valence-corrected chi connectivity index (χ0v) is 19.4. The Morgan fingerprint density at radius 2 is 1.81 bits per heavy atom. The van der Waals surface area contributed by atoms with Crippen LogP contribution in [0.4, 0.5) is 0 Å². The highest BCUT2D eigenvalue weighted by Gasteiger charge is 2.69. The van der Waals surface area contributed by atoms with Crippen molar-refractivity contribution in [2.45, 2.75) is 75.3 Å². The van der Waals surface area contributed by atoms with Crippen LogP contribution in [0, 0.1) is 23.7 Å². The molecule has 31 heavy (non-hydrogen) atoms. The minimum Gasteiger partial charge on any atom is -0.335 e. The fourth-order valence-electron chi connectivity index (χ4n) is 6.65. The fraction of sp³-hybridized carbons (Fsp3) is 0.615. The Kier molecular flexibility index (Phi) is 4.93. The zero-order chi connectivity index (χ0) is 21.2. The van der Waals surface area contributed by atoms with Crippen molar-refractivity contribution >= 4 is 22.5 Å². The van der Waals surface area contributed by atoms with Gasteiger partial charge >= 0.3 is 0 Å². The Hall–Kier alpha value is -1.11. The van der Waals surface area contributed by atoms with Crippen molar-refractivity contribution in [2.75, 3.05) is 0 Å². The predicted molar refractivity (Wildman–Crippen MR) is 122 cm³/mol. The molecule has 2 aromatic carbocycles. The van der Waals surface area contributed by atoms with Crippen molar-refractivity contribution < 1.29 is 19.2 Å². The summed E-state index contributed by atoms with van der Waals surface area (Å²) in [6.45, 7) is 6.70. The Labute approximate surface area is 188 Å². The van der Waals surface area contributed by atoms with E-state index in [1.165, 1.54) is 22.8 Å². The summed E-state index contributed by atoms with van der Waals surface area (Å²) in [5, 5.41) is 2.63. The number of fused-ring (bicyclic) bond motifs is 3. The Bertz CT molecular complexity index is 976. The van der Waals surface area contributed by atoms with Gasteiger partial charge in [0.2, 0.25) is 5.79 Å². The van der Waals surface area contributed by atoms with E-state index >= 15 is 0 Å². The van der Waals surface area contributed by atoms with Gasteiger partial charge in [0.05, 0.1) is 0 Å². The second-order valence-corrected chi connectivity index (χ2v) is 11.3. The molecule has 4 nitrogen and oxygen atoms in total. The molecule has 2 bridgehead atoms. The molecular weight excluding hydrogens is 408 g/mol. The summed E-state index contributed by atoms with van der Waals surface area (Å²) in [4.78, 5) is 12.2. The molecule has 7 rings (SSSR count). The summed E-state index contributed by atoms with van der Waals surface area (Å²) in [6, 6.07) is 15.2. The molecule has 1 saturated carbocycles. The first-order chi connectivity index (χ1) is 15.0. The minimum atomic E-state index is -0.705. The van der Waals surface area contributed by atoms with E-state index in [1.54, 1.807) is 0 Å². The molecule has 0 radical (unpaired) electrons. The van der Waals surface area contributed by atoms with Gasteiger partial charge in [-0.3, -0.25) is 0 Å². The number of benzene rings is 2. The largest absolute Gasteiger partial charge is 0.335 e. The fourth-order valence-corrected chi connectivity index (χ4v) is 7.92. The standard InChI is InChI=1S/C26H32O4S/c1-16-11-12-22-17(2)23(31-15-19-9-6-8-18-7-4-5-10-20(18)19)27-24-26(22)21(16)13-14-25(3,28-24)29-30-26/h4-10,16-17,21-24H,11-15H2,1-3H3/t16-,17-,21+,22+,23-,24-,25-,26-/m1/s1. The van der Waals surface area contributed by atoms with Crippen LogP contribution in [-0.2, 0) is 25.0 Å². The third kappa shape index (κ3) is 3.12. The maximum absolute atomic E-state index is 6.73. The van der Waals surface area contributed by atoms with Crippen LogP contribution in [0.15, 0.2) is 42.5 Å². The molecule has 0 unspecified atom stereocenters. The highest BCUT2D eigenvalue weighted by Crippen LogP contribution is 2.61. The van der Waals surface area contributed by atoms with Crippen LogP contribution < -0.4 is 0 Å². The van der Waals surface area contributed by atoms with E-state index in [9.17, 15) is 0 Å². The third-order valence-corrected chi connectivity index (χ3v) is 9.73. The number of rotatable bonds is 3. The van der Waals surface area contributed by atoms with Crippen molar-refractivity contribution in [3.8, 4) is 0 Å². The molecule has 5 heteroatoms. The van der Waals surface area contributed by atoms with Gasteiger partial charge in [0.15, 0.2) is 11.9 Å². The smallest absolute Gasteiger partial charge is 0.201 e. The Balaban J connectivity index is 1.29.